The van der Waals surface area contributed by atoms with Gasteiger partial charge in [0.05, 0.1) is 6.04 Å². The molecule has 2 aromatic rings. The molecule has 0 saturated heterocycles. The van der Waals surface area contributed by atoms with Crippen LogP contribution < -0.4 is 5.32 Å². The smallest absolute Gasteiger partial charge is 0.138 e. The Bertz CT molecular complexity index is 604. The highest BCUT2D eigenvalue weighted by Gasteiger charge is 2.22. The molecule has 0 bridgehead atoms. The van der Waals surface area contributed by atoms with E-state index in [1.807, 2.05) is 0 Å². The molecule has 2 heteroatoms. The van der Waals surface area contributed by atoms with Gasteiger partial charge >= 0.3 is 0 Å². The van der Waals surface area contributed by atoms with E-state index in [9.17, 15) is 0 Å². The molecule has 0 saturated carbocycles. The van der Waals surface area contributed by atoms with Gasteiger partial charge in [0.15, 0.2) is 0 Å². The van der Waals surface area contributed by atoms with Crippen molar-refractivity contribution in [3.05, 3.63) is 35.1 Å². The van der Waals surface area contributed by atoms with Gasteiger partial charge in [-0.3, -0.25) is 0 Å². The average molecular weight is 287 g/mol. The lowest BCUT2D eigenvalue weighted by molar-refractivity contribution is 0.418. The first-order chi connectivity index (χ1) is 9.86. The molecule has 1 aromatic heterocycles. The van der Waals surface area contributed by atoms with Crippen molar-refractivity contribution < 1.29 is 4.42 Å². The first kappa shape index (κ1) is 16.1. The van der Waals surface area contributed by atoms with E-state index in [1.54, 1.807) is 0 Å². The Balaban J connectivity index is 2.50. The molecular weight excluding hydrogens is 258 g/mol. The van der Waals surface area contributed by atoms with Gasteiger partial charge in [0, 0.05) is 10.9 Å². The highest BCUT2D eigenvalue weighted by molar-refractivity contribution is 5.83. The average Bonchev–Trinajstić information content (AvgIpc) is 2.80. The van der Waals surface area contributed by atoms with Crippen molar-refractivity contribution in [2.24, 2.45) is 0 Å². The summed E-state index contributed by atoms with van der Waals surface area (Å²) in [5, 5.41) is 4.80. The lowest BCUT2D eigenvalue weighted by atomic mass is 9.85. The number of furan rings is 1. The molecule has 1 atom stereocenters. The van der Waals surface area contributed by atoms with E-state index in [1.165, 1.54) is 16.5 Å². The summed E-state index contributed by atoms with van der Waals surface area (Å²) in [6, 6.07) is 7.01. The monoisotopic (exact) mass is 287 g/mol. The maximum Gasteiger partial charge on any atom is 0.138 e. The second-order valence-electron chi connectivity index (χ2n) is 7.04. The molecule has 0 aliphatic rings. The maximum atomic E-state index is 6.27. The van der Waals surface area contributed by atoms with Crippen molar-refractivity contribution in [2.45, 2.75) is 65.8 Å². The van der Waals surface area contributed by atoms with Crippen LogP contribution in [0.25, 0.3) is 11.0 Å². The van der Waals surface area contributed by atoms with Gasteiger partial charge in [-0.1, -0.05) is 40.7 Å². The second-order valence-corrected chi connectivity index (χ2v) is 7.04. The van der Waals surface area contributed by atoms with Crippen molar-refractivity contribution >= 4 is 11.0 Å². The van der Waals surface area contributed by atoms with Crippen LogP contribution >= 0.6 is 0 Å². The quantitative estimate of drug-likeness (QED) is 0.786. The fourth-order valence-corrected chi connectivity index (χ4v) is 2.82. The van der Waals surface area contributed by atoms with Gasteiger partial charge in [-0.15, -0.1) is 0 Å². The predicted molar refractivity (Wildman–Crippen MR) is 91.0 cm³/mol. The molecule has 0 aliphatic heterocycles. The molecule has 1 N–H and O–H groups in total. The SMILES string of the molecule is CCCNC(CC)c1cc2cc(C)cc(C(C)(C)C)c2o1. The maximum absolute atomic E-state index is 6.27. The molecule has 1 heterocycles. The molecule has 21 heavy (non-hydrogen) atoms. The zero-order valence-electron chi connectivity index (χ0n) is 14.3. The minimum absolute atomic E-state index is 0.0952. The van der Waals surface area contributed by atoms with Crippen LogP contribution in [0.5, 0.6) is 0 Å². The van der Waals surface area contributed by atoms with E-state index < -0.39 is 0 Å². The predicted octanol–water partition coefficient (Wildman–Crippen LogP) is 5.49. The molecule has 0 aliphatic carbocycles. The summed E-state index contributed by atoms with van der Waals surface area (Å²) >= 11 is 0. The summed E-state index contributed by atoms with van der Waals surface area (Å²) in [6.07, 6.45) is 2.19. The van der Waals surface area contributed by atoms with Crippen molar-refractivity contribution in [3.63, 3.8) is 0 Å². The van der Waals surface area contributed by atoms with Crippen molar-refractivity contribution in [1.82, 2.24) is 5.32 Å². The van der Waals surface area contributed by atoms with E-state index in [4.69, 9.17) is 4.42 Å². The Hall–Kier alpha value is -1.28. The number of benzene rings is 1. The van der Waals surface area contributed by atoms with Crippen LogP contribution in [-0.4, -0.2) is 6.54 Å². The fourth-order valence-electron chi connectivity index (χ4n) is 2.82. The minimum atomic E-state index is 0.0952. The standard InChI is InChI=1S/C19H29NO/c1-7-9-20-16(8-2)17-12-14-10-13(3)11-15(18(14)21-17)19(4,5)6/h10-12,16,20H,7-9H2,1-6H3. The van der Waals surface area contributed by atoms with Crippen LogP contribution in [0.15, 0.2) is 22.6 Å². The van der Waals surface area contributed by atoms with Gasteiger partial charge in [0.2, 0.25) is 0 Å². The topological polar surface area (TPSA) is 25.2 Å². The third kappa shape index (κ3) is 3.49. The number of hydrogen-bond donors (Lipinski definition) is 1. The Morgan fingerprint density at radius 1 is 1.14 bits per heavy atom. The van der Waals surface area contributed by atoms with Crippen LogP contribution in [-0.2, 0) is 5.41 Å². The lowest BCUT2D eigenvalue weighted by Crippen LogP contribution is -2.20. The van der Waals surface area contributed by atoms with Crippen LogP contribution in [0, 0.1) is 6.92 Å². The summed E-state index contributed by atoms with van der Waals surface area (Å²) in [4.78, 5) is 0. The van der Waals surface area contributed by atoms with Gasteiger partial charge in [0.25, 0.3) is 0 Å². The third-order valence-electron chi connectivity index (χ3n) is 3.98. The van der Waals surface area contributed by atoms with Gasteiger partial charge in [0.1, 0.15) is 11.3 Å². The van der Waals surface area contributed by atoms with Crippen LogP contribution in [0.2, 0.25) is 0 Å². The summed E-state index contributed by atoms with van der Waals surface area (Å²) in [5.41, 5.74) is 3.75. The zero-order valence-corrected chi connectivity index (χ0v) is 14.3. The van der Waals surface area contributed by atoms with Crippen LogP contribution in [0.1, 0.15) is 70.4 Å². The van der Waals surface area contributed by atoms with E-state index in [0.29, 0.717) is 6.04 Å². The number of hydrogen-bond acceptors (Lipinski definition) is 2. The molecule has 1 aromatic carbocycles. The Kier molecular flexibility index (Phi) is 4.77. The number of rotatable bonds is 5. The third-order valence-corrected chi connectivity index (χ3v) is 3.98. The summed E-state index contributed by atoms with van der Waals surface area (Å²) in [5.74, 6) is 1.07. The second kappa shape index (κ2) is 6.23. The largest absolute Gasteiger partial charge is 0.459 e. The molecule has 1 unspecified atom stereocenters. The highest BCUT2D eigenvalue weighted by Crippen LogP contribution is 2.35. The van der Waals surface area contributed by atoms with E-state index in [-0.39, 0.29) is 5.41 Å². The van der Waals surface area contributed by atoms with Gasteiger partial charge in [-0.2, -0.15) is 0 Å². The molecule has 0 radical (unpaired) electrons. The first-order valence-electron chi connectivity index (χ1n) is 8.14. The Morgan fingerprint density at radius 3 is 2.43 bits per heavy atom. The van der Waals surface area contributed by atoms with Gasteiger partial charge in [-0.25, -0.2) is 0 Å². The summed E-state index contributed by atoms with van der Waals surface area (Å²) < 4.78 is 6.27. The highest BCUT2D eigenvalue weighted by atomic mass is 16.3. The summed E-state index contributed by atoms with van der Waals surface area (Å²) in [6.45, 7) is 14.3. The molecule has 0 spiro atoms. The lowest BCUT2D eigenvalue weighted by Gasteiger charge is -2.20. The van der Waals surface area contributed by atoms with E-state index in [2.05, 4.69) is 65.1 Å². The normalized spacial score (nSPS) is 13.8. The molecule has 2 nitrogen and oxygen atoms in total. The zero-order chi connectivity index (χ0) is 15.6. The number of fused-ring (bicyclic) bond motifs is 1. The Morgan fingerprint density at radius 2 is 1.86 bits per heavy atom. The van der Waals surface area contributed by atoms with Crippen molar-refractivity contribution in [3.8, 4) is 0 Å². The Labute approximate surface area is 128 Å². The molecule has 2 rings (SSSR count). The molecular formula is C19H29NO. The number of nitrogens with one attached hydrogen (secondary N) is 1. The summed E-state index contributed by atoms with van der Waals surface area (Å²) in [7, 11) is 0. The molecule has 0 amide bonds. The molecule has 0 fully saturated rings. The van der Waals surface area contributed by atoms with E-state index >= 15 is 0 Å². The van der Waals surface area contributed by atoms with Gasteiger partial charge < -0.3 is 9.73 Å². The van der Waals surface area contributed by atoms with Crippen LogP contribution in [0.4, 0.5) is 0 Å². The molecule has 116 valence electrons. The van der Waals surface area contributed by atoms with Crippen molar-refractivity contribution in [1.29, 1.82) is 0 Å². The fraction of sp³-hybridized carbons (Fsp3) is 0.579. The van der Waals surface area contributed by atoms with Crippen LogP contribution in [0.3, 0.4) is 0 Å². The van der Waals surface area contributed by atoms with Crippen molar-refractivity contribution in [2.75, 3.05) is 6.54 Å². The van der Waals surface area contributed by atoms with E-state index in [0.717, 1.165) is 30.7 Å². The number of aryl methyl sites for hydroxylation is 1. The van der Waals surface area contributed by atoms with Gasteiger partial charge in [-0.05, 0) is 49.4 Å². The first-order valence-corrected chi connectivity index (χ1v) is 8.14. The minimum Gasteiger partial charge on any atom is -0.459 e.